The van der Waals surface area contributed by atoms with Gasteiger partial charge in [-0.3, -0.25) is 9.59 Å². The van der Waals surface area contributed by atoms with E-state index < -0.39 is 5.41 Å². The second-order valence-corrected chi connectivity index (χ2v) is 7.02. The summed E-state index contributed by atoms with van der Waals surface area (Å²) in [4.78, 5) is 25.8. The van der Waals surface area contributed by atoms with Crippen molar-refractivity contribution in [2.75, 3.05) is 31.1 Å². The van der Waals surface area contributed by atoms with Crippen LogP contribution in [-0.2, 0) is 9.59 Å². The van der Waals surface area contributed by atoms with Crippen molar-refractivity contribution in [1.82, 2.24) is 10.6 Å². The maximum absolute atomic E-state index is 11.9. The molecule has 0 saturated carbocycles. The summed E-state index contributed by atoms with van der Waals surface area (Å²) < 4.78 is 0. The number of nitrogens with zero attached hydrogens (tertiary/aromatic N) is 1. The molecular formula is C19H31N3O2. The van der Waals surface area contributed by atoms with Gasteiger partial charge in [-0.25, -0.2) is 0 Å². The van der Waals surface area contributed by atoms with E-state index in [4.69, 9.17) is 0 Å². The van der Waals surface area contributed by atoms with Crippen molar-refractivity contribution in [1.29, 1.82) is 0 Å². The number of amides is 2. The number of benzene rings is 1. The van der Waals surface area contributed by atoms with Gasteiger partial charge in [0.25, 0.3) is 0 Å². The number of carbonyl (C=O) groups is 2. The number of likely N-dealkylation sites (N-methyl/N-ethyl adjacent to an activating group) is 1. The number of hydrogen-bond donors (Lipinski definition) is 2. The fraction of sp³-hybridized carbons (Fsp3) is 0.579. The van der Waals surface area contributed by atoms with Gasteiger partial charge in [0.05, 0.1) is 0 Å². The topological polar surface area (TPSA) is 61.4 Å². The highest BCUT2D eigenvalue weighted by atomic mass is 16.2. The highest BCUT2D eigenvalue weighted by Crippen LogP contribution is 2.15. The van der Waals surface area contributed by atoms with Crippen LogP contribution in [0, 0.1) is 12.3 Å². The maximum atomic E-state index is 11.9. The molecule has 1 rings (SSSR count). The van der Waals surface area contributed by atoms with Crippen molar-refractivity contribution in [3.8, 4) is 0 Å². The molecule has 0 radical (unpaired) electrons. The van der Waals surface area contributed by atoms with Gasteiger partial charge in [-0.05, 0) is 31.5 Å². The minimum Gasteiger partial charge on any atom is -0.370 e. The summed E-state index contributed by atoms with van der Waals surface area (Å²) in [5, 5.41) is 5.70. The first-order chi connectivity index (χ1) is 11.2. The summed E-state index contributed by atoms with van der Waals surface area (Å²) in [6.07, 6.45) is 0.304. The summed E-state index contributed by atoms with van der Waals surface area (Å²) in [6.45, 7) is 12.4. The number of aryl methyl sites for hydroxylation is 1. The highest BCUT2D eigenvalue weighted by molar-refractivity contribution is 5.82. The summed E-state index contributed by atoms with van der Waals surface area (Å²) in [7, 11) is 0. The second-order valence-electron chi connectivity index (χ2n) is 7.02. The van der Waals surface area contributed by atoms with Crippen LogP contribution in [0.2, 0.25) is 0 Å². The summed E-state index contributed by atoms with van der Waals surface area (Å²) in [6, 6.07) is 8.35. The lowest BCUT2D eigenvalue weighted by Gasteiger charge is -2.23. The maximum Gasteiger partial charge on any atom is 0.225 e. The Morgan fingerprint density at radius 1 is 1.12 bits per heavy atom. The Balaban J connectivity index is 2.30. The van der Waals surface area contributed by atoms with Gasteiger partial charge in [0.1, 0.15) is 0 Å². The van der Waals surface area contributed by atoms with Crippen molar-refractivity contribution >= 4 is 17.5 Å². The van der Waals surface area contributed by atoms with E-state index >= 15 is 0 Å². The van der Waals surface area contributed by atoms with Gasteiger partial charge >= 0.3 is 0 Å². The van der Waals surface area contributed by atoms with E-state index in [-0.39, 0.29) is 11.8 Å². The van der Waals surface area contributed by atoms with E-state index in [9.17, 15) is 9.59 Å². The van der Waals surface area contributed by atoms with Crippen molar-refractivity contribution in [3.63, 3.8) is 0 Å². The minimum absolute atomic E-state index is 0.0353. The van der Waals surface area contributed by atoms with Gasteiger partial charge in [-0.15, -0.1) is 0 Å². The lowest BCUT2D eigenvalue weighted by Crippen LogP contribution is -2.39. The van der Waals surface area contributed by atoms with E-state index in [1.54, 1.807) is 0 Å². The Morgan fingerprint density at radius 3 is 2.42 bits per heavy atom. The molecule has 0 heterocycles. The van der Waals surface area contributed by atoms with Crippen LogP contribution in [0.4, 0.5) is 5.69 Å². The van der Waals surface area contributed by atoms with Crippen molar-refractivity contribution in [2.45, 2.75) is 41.0 Å². The molecule has 0 aliphatic heterocycles. The molecule has 0 saturated heterocycles. The Hall–Kier alpha value is -2.04. The second kappa shape index (κ2) is 9.30. The first-order valence-corrected chi connectivity index (χ1v) is 8.60. The van der Waals surface area contributed by atoms with Crippen LogP contribution in [0.25, 0.3) is 0 Å². The predicted molar refractivity (Wildman–Crippen MR) is 99.2 cm³/mol. The average molecular weight is 333 g/mol. The van der Waals surface area contributed by atoms with Crippen LogP contribution in [0.3, 0.4) is 0 Å². The largest absolute Gasteiger partial charge is 0.370 e. The molecule has 5 nitrogen and oxygen atoms in total. The number of anilines is 1. The number of nitrogens with one attached hydrogen (secondary N) is 2. The Labute approximate surface area is 145 Å². The van der Waals surface area contributed by atoms with Crippen molar-refractivity contribution in [2.24, 2.45) is 5.41 Å². The molecule has 1 aromatic carbocycles. The average Bonchev–Trinajstić information content (AvgIpc) is 2.50. The number of rotatable bonds is 8. The highest BCUT2D eigenvalue weighted by Gasteiger charge is 2.20. The van der Waals surface area contributed by atoms with Gasteiger partial charge in [-0.2, -0.15) is 0 Å². The first kappa shape index (κ1) is 20.0. The lowest BCUT2D eigenvalue weighted by atomic mass is 9.96. The molecule has 0 aromatic heterocycles. The fourth-order valence-electron chi connectivity index (χ4n) is 2.27. The molecular weight excluding hydrogens is 302 g/mol. The van der Waals surface area contributed by atoms with E-state index in [1.807, 2.05) is 26.8 Å². The molecule has 2 amide bonds. The summed E-state index contributed by atoms with van der Waals surface area (Å²) >= 11 is 0. The normalized spacial score (nSPS) is 11.0. The van der Waals surface area contributed by atoms with Crippen LogP contribution in [0.1, 0.15) is 39.7 Å². The monoisotopic (exact) mass is 333 g/mol. The van der Waals surface area contributed by atoms with Gasteiger partial charge in [0, 0.05) is 43.7 Å². The summed E-state index contributed by atoms with van der Waals surface area (Å²) in [5.74, 6) is -0.0728. The number of hydrogen-bond acceptors (Lipinski definition) is 3. The zero-order valence-corrected chi connectivity index (χ0v) is 15.6. The molecule has 134 valence electrons. The molecule has 0 aliphatic rings. The third kappa shape index (κ3) is 7.02. The van der Waals surface area contributed by atoms with Gasteiger partial charge in [-0.1, -0.05) is 32.9 Å². The molecule has 0 bridgehead atoms. The molecule has 0 fully saturated rings. The third-order valence-electron chi connectivity index (χ3n) is 3.77. The molecule has 2 N–H and O–H groups in total. The molecule has 5 heteroatoms. The molecule has 0 unspecified atom stereocenters. The van der Waals surface area contributed by atoms with E-state index in [0.717, 1.165) is 13.1 Å². The molecule has 0 atom stereocenters. The number of carbonyl (C=O) groups excluding carboxylic acids is 2. The quantitative estimate of drug-likeness (QED) is 0.768. The zero-order chi connectivity index (χ0) is 18.2. The summed E-state index contributed by atoms with van der Waals surface area (Å²) in [5.41, 5.74) is 1.97. The minimum atomic E-state index is -0.425. The SMILES string of the molecule is CCN(CCNC(=O)CCNC(=O)C(C)(C)C)c1cccc(C)c1. The van der Waals surface area contributed by atoms with Crippen molar-refractivity contribution in [3.05, 3.63) is 29.8 Å². The molecule has 0 aliphatic carbocycles. The van der Waals surface area contributed by atoms with E-state index in [0.29, 0.717) is 19.5 Å². The van der Waals surface area contributed by atoms with E-state index in [1.165, 1.54) is 11.3 Å². The first-order valence-electron chi connectivity index (χ1n) is 8.60. The molecule has 0 spiro atoms. The molecule has 1 aromatic rings. The van der Waals surface area contributed by atoms with E-state index in [2.05, 4.69) is 47.6 Å². The van der Waals surface area contributed by atoms with Gasteiger partial charge in [0.15, 0.2) is 0 Å². The third-order valence-corrected chi connectivity index (χ3v) is 3.77. The fourth-order valence-corrected chi connectivity index (χ4v) is 2.27. The molecule has 24 heavy (non-hydrogen) atoms. The van der Waals surface area contributed by atoms with Crippen LogP contribution < -0.4 is 15.5 Å². The van der Waals surface area contributed by atoms with Gasteiger partial charge < -0.3 is 15.5 Å². The van der Waals surface area contributed by atoms with Crippen LogP contribution in [0.15, 0.2) is 24.3 Å². The van der Waals surface area contributed by atoms with Gasteiger partial charge in [0.2, 0.25) is 11.8 Å². The van der Waals surface area contributed by atoms with Crippen LogP contribution in [0.5, 0.6) is 0 Å². The Bertz CT molecular complexity index is 550. The predicted octanol–water partition coefficient (Wildman–Crippen LogP) is 2.49. The standard InChI is InChI=1S/C19H31N3O2/c1-6-22(16-9-7-8-15(2)14-16)13-12-20-17(23)10-11-21-18(24)19(3,4)5/h7-9,14H,6,10-13H2,1-5H3,(H,20,23)(H,21,24). The zero-order valence-electron chi connectivity index (χ0n) is 15.6. The smallest absolute Gasteiger partial charge is 0.225 e. The Morgan fingerprint density at radius 2 is 1.83 bits per heavy atom. The lowest BCUT2D eigenvalue weighted by molar-refractivity contribution is -0.128. The van der Waals surface area contributed by atoms with Crippen LogP contribution >= 0.6 is 0 Å². The van der Waals surface area contributed by atoms with Crippen molar-refractivity contribution < 1.29 is 9.59 Å². The van der Waals surface area contributed by atoms with Crippen LogP contribution in [-0.4, -0.2) is 38.0 Å². The Kier molecular flexibility index (Phi) is 7.75.